The van der Waals surface area contributed by atoms with Gasteiger partial charge < -0.3 is 0 Å². The molecule has 0 heterocycles. The minimum absolute atomic E-state index is 0.0389. The fourth-order valence-electron chi connectivity index (χ4n) is 2.81. The number of anilines is 1. The Labute approximate surface area is 193 Å². The average Bonchev–Trinajstić information content (AvgIpc) is 2.79. The first-order valence-electron chi connectivity index (χ1n) is 9.36. The maximum atomic E-state index is 12.7. The maximum absolute atomic E-state index is 12.7. The normalized spacial score (nSPS) is 10.8. The second-order valence-electron chi connectivity index (χ2n) is 6.68. The van der Waals surface area contributed by atoms with Crippen LogP contribution in [0.5, 0.6) is 0 Å². The zero-order valence-corrected chi connectivity index (χ0v) is 18.4. The van der Waals surface area contributed by atoms with Gasteiger partial charge in [0, 0.05) is 17.2 Å². The number of para-hydroxylation sites is 2. The van der Waals surface area contributed by atoms with Crippen LogP contribution in [0.1, 0.15) is 15.9 Å². The van der Waals surface area contributed by atoms with E-state index in [1.54, 1.807) is 18.2 Å². The summed E-state index contributed by atoms with van der Waals surface area (Å²) in [5, 5.41) is 11.2. The monoisotopic (exact) mass is 488 g/mol. The van der Waals surface area contributed by atoms with Gasteiger partial charge in [0.25, 0.3) is 21.6 Å². The van der Waals surface area contributed by atoms with Crippen molar-refractivity contribution in [3.8, 4) is 0 Å². The number of hydrazine groups is 1. The third-order valence-electron chi connectivity index (χ3n) is 4.38. The van der Waals surface area contributed by atoms with Crippen LogP contribution in [-0.4, -0.2) is 25.2 Å². The quantitative estimate of drug-likeness (QED) is 0.344. The Morgan fingerprint density at radius 3 is 2.36 bits per heavy atom. The van der Waals surface area contributed by atoms with E-state index in [-0.39, 0.29) is 38.8 Å². The predicted octanol–water partition coefficient (Wildman–Crippen LogP) is 3.05. The topological polar surface area (TPSA) is 148 Å². The molecule has 0 spiro atoms. The van der Waals surface area contributed by atoms with Gasteiger partial charge in [-0.15, -0.1) is 0 Å². The van der Waals surface area contributed by atoms with E-state index < -0.39 is 26.8 Å². The van der Waals surface area contributed by atoms with Crippen LogP contribution >= 0.6 is 11.6 Å². The standard InChI is InChI=1S/C21H17ClN4O6S/c22-17-9-2-3-10-18(17)25-33(31,32)16-8-5-7-15(12-16)21(28)24-23-20(27)13-14-6-1-4-11-19(14)26(29)30/h1-12,25H,13H2,(H,23,27)(H,24,28). The molecule has 0 aliphatic rings. The molecule has 0 aliphatic heterocycles. The maximum Gasteiger partial charge on any atom is 0.273 e. The number of hydrogen-bond donors (Lipinski definition) is 3. The van der Waals surface area contributed by atoms with Crippen molar-refractivity contribution in [2.24, 2.45) is 0 Å². The number of carbonyl (C=O) groups is 2. The number of nitrogens with zero attached hydrogens (tertiary/aromatic N) is 1. The molecule has 0 bridgehead atoms. The van der Waals surface area contributed by atoms with Crippen LogP contribution in [0.15, 0.2) is 77.7 Å². The fraction of sp³-hybridized carbons (Fsp3) is 0.0476. The van der Waals surface area contributed by atoms with Crippen LogP contribution in [0, 0.1) is 10.1 Å². The van der Waals surface area contributed by atoms with Gasteiger partial charge in [0.1, 0.15) is 0 Å². The summed E-state index contributed by atoms with van der Waals surface area (Å²) >= 11 is 5.99. The largest absolute Gasteiger partial charge is 0.278 e. The van der Waals surface area contributed by atoms with Crippen LogP contribution in [0.25, 0.3) is 0 Å². The number of nitrogens with one attached hydrogen (secondary N) is 3. The molecule has 0 fully saturated rings. The van der Waals surface area contributed by atoms with Gasteiger partial charge in [-0.2, -0.15) is 0 Å². The van der Waals surface area contributed by atoms with Crippen LogP contribution in [0.2, 0.25) is 5.02 Å². The lowest BCUT2D eigenvalue weighted by Crippen LogP contribution is -2.42. The lowest BCUT2D eigenvalue weighted by atomic mass is 10.1. The molecule has 0 aliphatic carbocycles. The summed E-state index contributed by atoms with van der Waals surface area (Å²) in [6.07, 6.45) is -0.340. The van der Waals surface area contributed by atoms with Crippen molar-refractivity contribution in [1.29, 1.82) is 0 Å². The lowest BCUT2D eigenvalue weighted by Gasteiger charge is -2.11. The van der Waals surface area contributed by atoms with Crippen molar-refractivity contribution < 1.29 is 22.9 Å². The summed E-state index contributed by atoms with van der Waals surface area (Å²) in [6, 6.07) is 17.1. The molecule has 0 aromatic heterocycles. The number of nitro groups is 1. The van der Waals surface area contributed by atoms with Crippen molar-refractivity contribution in [3.63, 3.8) is 0 Å². The second kappa shape index (κ2) is 10.1. The lowest BCUT2D eigenvalue weighted by molar-refractivity contribution is -0.385. The first-order valence-corrected chi connectivity index (χ1v) is 11.2. The molecule has 0 saturated carbocycles. The van der Waals surface area contributed by atoms with E-state index in [2.05, 4.69) is 15.6 Å². The van der Waals surface area contributed by atoms with Crippen molar-refractivity contribution in [3.05, 3.63) is 99.1 Å². The van der Waals surface area contributed by atoms with E-state index in [4.69, 9.17) is 11.6 Å². The smallest absolute Gasteiger partial charge is 0.273 e. The van der Waals surface area contributed by atoms with E-state index in [1.807, 2.05) is 0 Å². The van der Waals surface area contributed by atoms with Gasteiger partial charge in [0.05, 0.1) is 26.9 Å². The van der Waals surface area contributed by atoms with Crippen molar-refractivity contribution in [1.82, 2.24) is 10.9 Å². The predicted molar refractivity (Wildman–Crippen MR) is 121 cm³/mol. The highest BCUT2D eigenvalue weighted by Crippen LogP contribution is 2.24. The average molecular weight is 489 g/mol. The van der Waals surface area contributed by atoms with Crippen LogP contribution in [0.3, 0.4) is 0 Å². The van der Waals surface area contributed by atoms with Gasteiger partial charge in [0.2, 0.25) is 5.91 Å². The second-order valence-corrected chi connectivity index (χ2v) is 8.77. The summed E-state index contributed by atoms with van der Waals surface area (Å²) in [7, 11) is -4.04. The molecular formula is C21H17ClN4O6S. The van der Waals surface area contributed by atoms with E-state index in [0.29, 0.717) is 0 Å². The molecule has 3 N–H and O–H groups in total. The third kappa shape index (κ3) is 6.05. The van der Waals surface area contributed by atoms with Gasteiger partial charge in [-0.25, -0.2) is 8.42 Å². The van der Waals surface area contributed by atoms with Gasteiger partial charge >= 0.3 is 0 Å². The molecule has 3 aromatic carbocycles. The van der Waals surface area contributed by atoms with Crippen molar-refractivity contribution in [2.75, 3.05) is 4.72 Å². The zero-order chi connectivity index (χ0) is 24.0. The summed E-state index contributed by atoms with van der Waals surface area (Å²) in [4.78, 5) is 34.8. The number of sulfonamides is 1. The van der Waals surface area contributed by atoms with E-state index in [1.165, 1.54) is 48.5 Å². The van der Waals surface area contributed by atoms with Crippen LogP contribution in [-0.2, 0) is 21.2 Å². The van der Waals surface area contributed by atoms with Crippen LogP contribution in [0.4, 0.5) is 11.4 Å². The highest BCUT2D eigenvalue weighted by Gasteiger charge is 2.19. The Balaban J connectivity index is 1.67. The number of carbonyl (C=O) groups excluding carboxylic acids is 2. The molecule has 3 rings (SSSR count). The zero-order valence-electron chi connectivity index (χ0n) is 16.8. The number of amides is 2. The SMILES string of the molecule is O=C(Cc1ccccc1[N+](=O)[O-])NNC(=O)c1cccc(S(=O)(=O)Nc2ccccc2Cl)c1. The summed E-state index contributed by atoms with van der Waals surface area (Å²) < 4.78 is 27.7. The molecule has 0 saturated heterocycles. The molecule has 0 unspecified atom stereocenters. The van der Waals surface area contributed by atoms with Gasteiger partial charge in [0.15, 0.2) is 0 Å². The Morgan fingerprint density at radius 2 is 1.64 bits per heavy atom. The van der Waals surface area contributed by atoms with E-state index in [0.717, 1.165) is 6.07 Å². The van der Waals surface area contributed by atoms with Crippen LogP contribution < -0.4 is 15.6 Å². The molecule has 2 amide bonds. The minimum atomic E-state index is -4.04. The minimum Gasteiger partial charge on any atom is -0.278 e. The highest BCUT2D eigenvalue weighted by atomic mass is 35.5. The molecule has 170 valence electrons. The molecular weight excluding hydrogens is 472 g/mol. The Bertz CT molecular complexity index is 1330. The van der Waals surface area contributed by atoms with Crippen molar-refractivity contribution in [2.45, 2.75) is 11.3 Å². The molecule has 0 atom stereocenters. The third-order valence-corrected chi connectivity index (χ3v) is 6.07. The number of benzene rings is 3. The van der Waals surface area contributed by atoms with E-state index >= 15 is 0 Å². The van der Waals surface area contributed by atoms with E-state index in [9.17, 15) is 28.1 Å². The molecule has 0 radical (unpaired) electrons. The molecule has 10 nitrogen and oxygen atoms in total. The summed E-state index contributed by atoms with van der Waals surface area (Å²) in [6.45, 7) is 0. The first-order chi connectivity index (χ1) is 15.7. The first kappa shape index (κ1) is 23.7. The Hall–Kier alpha value is -3.96. The number of halogens is 1. The Kier molecular flexibility index (Phi) is 7.26. The highest BCUT2D eigenvalue weighted by molar-refractivity contribution is 7.92. The molecule has 3 aromatic rings. The summed E-state index contributed by atoms with van der Waals surface area (Å²) in [5.41, 5.74) is 4.41. The van der Waals surface area contributed by atoms with Gasteiger partial charge in [-0.3, -0.25) is 35.3 Å². The molecule has 12 heteroatoms. The molecule has 33 heavy (non-hydrogen) atoms. The summed E-state index contributed by atoms with van der Waals surface area (Å²) in [5.74, 6) is -1.47. The number of nitro benzene ring substituents is 1. The van der Waals surface area contributed by atoms with Crippen molar-refractivity contribution >= 4 is 44.8 Å². The number of rotatable bonds is 7. The number of hydrogen-bond acceptors (Lipinski definition) is 6. The van der Waals surface area contributed by atoms with Gasteiger partial charge in [-0.05, 0) is 30.3 Å². The Morgan fingerprint density at radius 1 is 0.939 bits per heavy atom. The van der Waals surface area contributed by atoms with Gasteiger partial charge in [-0.1, -0.05) is 48.0 Å². The fourth-order valence-corrected chi connectivity index (χ4v) is 4.17.